The van der Waals surface area contributed by atoms with Crippen LogP contribution >= 0.6 is 22.7 Å². The van der Waals surface area contributed by atoms with Crippen molar-refractivity contribution in [1.82, 2.24) is 0 Å². The lowest BCUT2D eigenvalue weighted by Crippen LogP contribution is -2.42. The van der Waals surface area contributed by atoms with Crippen LogP contribution < -0.4 is 10.2 Å². The first kappa shape index (κ1) is 17.2. The largest absolute Gasteiger partial charge is 0.360 e. The molecule has 28 heavy (non-hydrogen) atoms. The summed E-state index contributed by atoms with van der Waals surface area (Å²) in [4.78, 5) is 19.0. The van der Waals surface area contributed by atoms with Gasteiger partial charge in [0.2, 0.25) is 0 Å². The van der Waals surface area contributed by atoms with Crippen molar-refractivity contribution in [3.63, 3.8) is 0 Å². The highest BCUT2D eigenvalue weighted by Crippen LogP contribution is 2.39. The molecular formula is C23H18N2OS2. The van der Waals surface area contributed by atoms with Gasteiger partial charge in [0.05, 0.1) is 5.56 Å². The number of benzene rings is 2. The molecule has 0 bridgehead atoms. The second kappa shape index (κ2) is 7.26. The van der Waals surface area contributed by atoms with E-state index in [1.807, 2.05) is 59.5 Å². The van der Waals surface area contributed by atoms with E-state index in [0.717, 1.165) is 22.7 Å². The van der Waals surface area contributed by atoms with Gasteiger partial charge in [0.15, 0.2) is 0 Å². The van der Waals surface area contributed by atoms with E-state index >= 15 is 0 Å². The average Bonchev–Trinajstić information content (AvgIpc) is 3.41. The SMILES string of the molecule is O=C1c2ccccc2NC(c2ccc(Cc3cccs3)s2)N1c1ccccc1. The summed E-state index contributed by atoms with van der Waals surface area (Å²) in [5.41, 5.74) is 2.49. The molecule has 0 aliphatic carbocycles. The highest BCUT2D eigenvalue weighted by molar-refractivity contribution is 7.12. The van der Waals surface area contributed by atoms with Crippen molar-refractivity contribution in [2.45, 2.75) is 12.6 Å². The van der Waals surface area contributed by atoms with Crippen molar-refractivity contribution >= 4 is 40.0 Å². The van der Waals surface area contributed by atoms with Crippen molar-refractivity contribution in [1.29, 1.82) is 0 Å². The lowest BCUT2D eigenvalue weighted by atomic mass is 10.1. The molecule has 2 aromatic heterocycles. The summed E-state index contributed by atoms with van der Waals surface area (Å²) in [5.74, 6) is 0.0266. The third-order valence-corrected chi connectivity index (χ3v) is 6.86. The van der Waals surface area contributed by atoms with Gasteiger partial charge in [-0.15, -0.1) is 22.7 Å². The predicted octanol–water partition coefficient (Wildman–Crippen LogP) is 6.17. The number of nitrogens with zero attached hydrogens (tertiary/aromatic N) is 1. The Bertz CT molecular complexity index is 1100. The maximum Gasteiger partial charge on any atom is 0.262 e. The van der Waals surface area contributed by atoms with E-state index < -0.39 is 0 Å². The Labute approximate surface area is 171 Å². The van der Waals surface area contributed by atoms with Crippen LogP contribution in [0.15, 0.2) is 84.2 Å². The van der Waals surface area contributed by atoms with Crippen LogP contribution in [0, 0.1) is 0 Å². The Morgan fingerprint density at radius 1 is 0.857 bits per heavy atom. The Morgan fingerprint density at radius 3 is 2.50 bits per heavy atom. The lowest BCUT2D eigenvalue weighted by Gasteiger charge is -2.37. The third-order valence-electron chi connectivity index (χ3n) is 4.84. The molecule has 1 unspecified atom stereocenters. The smallest absolute Gasteiger partial charge is 0.262 e. The normalized spacial score (nSPS) is 15.9. The number of hydrogen-bond acceptors (Lipinski definition) is 4. The van der Waals surface area contributed by atoms with Gasteiger partial charge in [-0.2, -0.15) is 0 Å². The second-order valence-electron chi connectivity index (χ2n) is 6.66. The molecule has 4 aromatic rings. The highest BCUT2D eigenvalue weighted by atomic mass is 32.1. The van der Waals surface area contributed by atoms with Crippen molar-refractivity contribution in [3.8, 4) is 0 Å². The van der Waals surface area contributed by atoms with E-state index in [2.05, 4.69) is 35.0 Å². The van der Waals surface area contributed by atoms with E-state index in [1.54, 1.807) is 22.7 Å². The third kappa shape index (κ3) is 3.13. The zero-order valence-electron chi connectivity index (χ0n) is 15.0. The van der Waals surface area contributed by atoms with E-state index in [-0.39, 0.29) is 12.1 Å². The summed E-state index contributed by atoms with van der Waals surface area (Å²) < 4.78 is 0. The average molecular weight is 403 g/mol. The molecule has 1 atom stereocenters. The summed E-state index contributed by atoms with van der Waals surface area (Å²) in [7, 11) is 0. The fourth-order valence-corrected chi connectivity index (χ4v) is 5.43. The number of carbonyl (C=O) groups excluding carboxylic acids is 1. The van der Waals surface area contributed by atoms with E-state index in [1.165, 1.54) is 9.75 Å². The molecule has 1 aliphatic rings. The Kier molecular flexibility index (Phi) is 4.47. The van der Waals surface area contributed by atoms with Gasteiger partial charge in [-0.1, -0.05) is 36.4 Å². The molecule has 3 nitrogen and oxygen atoms in total. The molecule has 0 radical (unpaired) electrons. The van der Waals surface area contributed by atoms with E-state index in [0.29, 0.717) is 5.56 Å². The number of fused-ring (bicyclic) bond motifs is 1. The van der Waals surface area contributed by atoms with Crippen LogP contribution in [0.25, 0.3) is 0 Å². The van der Waals surface area contributed by atoms with Crippen LogP contribution in [0.3, 0.4) is 0 Å². The lowest BCUT2D eigenvalue weighted by molar-refractivity contribution is 0.0975. The summed E-state index contributed by atoms with van der Waals surface area (Å²) in [6.07, 6.45) is 0.720. The molecule has 0 fully saturated rings. The van der Waals surface area contributed by atoms with E-state index in [4.69, 9.17) is 0 Å². The van der Waals surface area contributed by atoms with Crippen LogP contribution in [0.4, 0.5) is 11.4 Å². The summed E-state index contributed by atoms with van der Waals surface area (Å²) >= 11 is 3.54. The van der Waals surface area contributed by atoms with Crippen LogP contribution in [0.5, 0.6) is 0 Å². The summed E-state index contributed by atoms with van der Waals surface area (Å²) in [5, 5.41) is 5.69. The maximum atomic E-state index is 13.4. The monoisotopic (exact) mass is 402 g/mol. The van der Waals surface area contributed by atoms with Gasteiger partial charge in [-0.3, -0.25) is 9.69 Å². The minimum Gasteiger partial charge on any atom is -0.360 e. The minimum absolute atomic E-state index is 0.0266. The maximum absolute atomic E-state index is 13.4. The van der Waals surface area contributed by atoms with Crippen LogP contribution in [-0.2, 0) is 6.42 Å². The molecule has 5 heteroatoms. The molecule has 0 saturated heterocycles. The molecular weight excluding hydrogens is 384 g/mol. The molecule has 1 N–H and O–H groups in total. The first-order chi connectivity index (χ1) is 13.8. The molecule has 138 valence electrons. The van der Waals surface area contributed by atoms with E-state index in [9.17, 15) is 4.79 Å². The Balaban J connectivity index is 1.54. The number of hydrogen-bond donors (Lipinski definition) is 1. The van der Waals surface area contributed by atoms with Crippen molar-refractivity contribution in [2.75, 3.05) is 10.2 Å². The van der Waals surface area contributed by atoms with Crippen LogP contribution in [0.1, 0.15) is 31.2 Å². The minimum atomic E-state index is -0.216. The molecule has 1 amide bonds. The molecule has 1 aliphatic heterocycles. The van der Waals surface area contributed by atoms with Gasteiger partial charge < -0.3 is 5.32 Å². The van der Waals surface area contributed by atoms with Crippen molar-refractivity contribution in [2.24, 2.45) is 0 Å². The number of nitrogens with one attached hydrogen (secondary N) is 1. The summed E-state index contributed by atoms with van der Waals surface area (Å²) in [6.45, 7) is 0. The predicted molar refractivity (Wildman–Crippen MR) is 118 cm³/mol. The van der Waals surface area contributed by atoms with Gasteiger partial charge in [-0.25, -0.2) is 0 Å². The molecule has 5 rings (SSSR count). The second-order valence-corrected chi connectivity index (χ2v) is 8.90. The van der Waals surface area contributed by atoms with Crippen molar-refractivity contribution in [3.05, 3.63) is 104 Å². The fraction of sp³-hybridized carbons (Fsp3) is 0.0870. The van der Waals surface area contributed by atoms with Gasteiger partial charge in [-0.05, 0) is 47.8 Å². The number of amides is 1. The van der Waals surface area contributed by atoms with Crippen molar-refractivity contribution < 1.29 is 4.79 Å². The number of thiophene rings is 2. The first-order valence-electron chi connectivity index (χ1n) is 9.15. The topological polar surface area (TPSA) is 32.3 Å². The molecule has 2 aromatic carbocycles. The highest BCUT2D eigenvalue weighted by Gasteiger charge is 2.34. The number of rotatable bonds is 4. The van der Waals surface area contributed by atoms with Crippen LogP contribution in [-0.4, -0.2) is 5.91 Å². The number of carbonyl (C=O) groups is 1. The standard InChI is InChI=1S/C23H18N2OS2/c26-23-19-10-4-5-11-20(19)24-22(25(23)16-7-2-1-3-8-16)21-13-12-18(28-21)15-17-9-6-14-27-17/h1-14,22,24H,15H2. The molecule has 3 heterocycles. The quantitative estimate of drug-likeness (QED) is 0.443. The Hall–Kier alpha value is -2.89. The Morgan fingerprint density at radius 2 is 1.68 bits per heavy atom. The van der Waals surface area contributed by atoms with Crippen LogP contribution in [0.2, 0.25) is 0 Å². The van der Waals surface area contributed by atoms with Gasteiger partial charge in [0, 0.05) is 32.4 Å². The van der Waals surface area contributed by atoms with Gasteiger partial charge >= 0.3 is 0 Å². The summed E-state index contributed by atoms with van der Waals surface area (Å²) in [6, 6.07) is 26.2. The molecule has 0 saturated carbocycles. The number of anilines is 2. The zero-order chi connectivity index (χ0) is 18.9. The number of para-hydroxylation sites is 2. The van der Waals surface area contributed by atoms with Gasteiger partial charge in [0.25, 0.3) is 5.91 Å². The molecule has 0 spiro atoms. The van der Waals surface area contributed by atoms with Gasteiger partial charge in [0.1, 0.15) is 6.17 Å². The zero-order valence-corrected chi connectivity index (χ0v) is 16.7. The fourth-order valence-electron chi connectivity index (χ4n) is 3.53. The first-order valence-corrected chi connectivity index (χ1v) is 10.8.